The molecule has 0 bridgehead atoms. The van der Waals surface area contributed by atoms with Crippen LogP contribution in [0.3, 0.4) is 0 Å². The highest BCUT2D eigenvalue weighted by molar-refractivity contribution is 5.85. The zero-order valence-electron chi connectivity index (χ0n) is 11.6. The van der Waals surface area contributed by atoms with Gasteiger partial charge in [0.05, 0.1) is 6.61 Å². The fourth-order valence-electron chi connectivity index (χ4n) is 2.00. The van der Waals surface area contributed by atoms with Crippen LogP contribution < -0.4 is 4.74 Å². The van der Waals surface area contributed by atoms with E-state index in [4.69, 9.17) is 9.47 Å². The Morgan fingerprint density at radius 3 is 2.60 bits per heavy atom. The fourth-order valence-corrected chi connectivity index (χ4v) is 2.00. The number of nitrogens with zero attached hydrogens (tertiary/aromatic N) is 1. The smallest absolute Gasteiger partial charge is 0.434 e. The summed E-state index contributed by atoms with van der Waals surface area (Å²) in [7, 11) is 0. The van der Waals surface area contributed by atoms with Crippen LogP contribution in [0.1, 0.15) is 18.9 Å². The minimum atomic E-state index is -0.656. The van der Waals surface area contributed by atoms with Gasteiger partial charge in [-0.1, -0.05) is 24.3 Å². The molecular formula is C15H20ClNO3. The van der Waals surface area contributed by atoms with E-state index >= 15 is 0 Å². The second kappa shape index (κ2) is 8.61. The molecule has 1 aromatic rings. The molecule has 1 aliphatic heterocycles. The molecule has 20 heavy (non-hydrogen) atoms. The van der Waals surface area contributed by atoms with Gasteiger partial charge in [0.1, 0.15) is 5.75 Å². The summed E-state index contributed by atoms with van der Waals surface area (Å²) in [6.07, 6.45) is 4.87. The first-order chi connectivity index (χ1) is 9.28. The lowest BCUT2D eigenvalue weighted by Crippen LogP contribution is -2.26. The first-order valence-corrected chi connectivity index (χ1v) is 6.59. The summed E-state index contributed by atoms with van der Waals surface area (Å²) in [5, 5.41) is 0. The Hall–Kier alpha value is -1.52. The summed E-state index contributed by atoms with van der Waals surface area (Å²) in [6.45, 7) is 5.08. The molecule has 1 aliphatic rings. The first-order valence-electron chi connectivity index (χ1n) is 6.59. The van der Waals surface area contributed by atoms with Gasteiger partial charge < -0.3 is 9.47 Å². The maximum atomic E-state index is 11.2. The lowest BCUT2D eigenvalue weighted by Gasteiger charge is -2.22. The van der Waals surface area contributed by atoms with Crippen molar-refractivity contribution in [3.05, 3.63) is 42.0 Å². The normalized spacial score (nSPS) is 14.4. The van der Waals surface area contributed by atoms with Crippen molar-refractivity contribution >= 4 is 18.6 Å². The van der Waals surface area contributed by atoms with E-state index in [9.17, 15) is 4.79 Å². The van der Waals surface area contributed by atoms with E-state index in [0.29, 0.717) is 12.4 Å². The van der Waals surface area contributed by atoms with Gasteiger partial charge in [0.2, 0.25) is 0 Å². The average molecular weight is 298 g/mol. The number of halogens is 1. The molecule has 0 saturated heterocycles. The van der Waals surface area contributed by atoms with Gasteiger partial charge in [0.25, 0.3) is 0 Å². The van der Waals surface area contributed by atoms with Crippen LogP contribution in [0.5, 0.6) is 5.75 Å². The molecule has 0 radical (unpaired) electrons. The number of hydrogen-bond donors (Lipinski definition) is 0. The molecule has 0 spiro atoms. The van der Waals surface area contributed by atoms with Crippen LogP contribution in [0, 0.1) is 0 Å². The van der Waals surface area contributed by atoms with Gasteiger partial charge in [-0.2, -0.15) is 0 Å². The second-order valence-corrected chi connectivity index (χ2v) is 4.42. The third-order valence-electron chi connectivity index (χ3n) is 2.94. The van der Waals surface area contributed by atoms with Gasteiger partial charge in [-0.3, -0.25) is 4.90 Å². The molecule has 0 N–H and O–H groups in total. The standard InChI is InChI=1S/C15H19NO3.ClH/c1-2-18-15(17)19-14-8-6-13(7-9-14)12-16-10-4-3-5-11-16;/h3-4,6-9H,2,5,10-12H2,1H3;1H. The van der Waals surface area contributed by atoms with Crippen molar-refractivity contribution in [1.29, 1.82) is 0 Å². The molecule has 0 aromatic heterocycles. The Kier molecular flexibility index (Phi) is 7.12. The minimum absolute atomic E-state index is 0. The van der Waals surface area contributed by atoms with Gasteiger partial charge >= 0.3 is 6.16 Å². The molecule has 4 nitrogen and oxygen atoms in total. The van der Waals surface area contributed by atoms with E-state index in [2.05, 4.69) is 17.1 Å². The highest BCUT2D eigenvalue weighted by Gasteiger charge is 2.08. The number of hydrogen-bond acceptors (Lipinski definition) is 4. The van der Waals surface area contributed by atoms with E-state index in [1.54, 1.807) is 19.1 Å². The predicted molar refractivity (Wildman–Crippen MR) is 80.4 cm³/mol. The Labute approximate surface area is 125 Å². The van der Waals surface area contributed by atoms with E-state index in [1.165, 1.54) is 5.56 Å². The summed E-state index contributed by atoms with van der Waals surface area (Å²) in [4.78, 5) is 13.5. The summed E-state index contributed by atoms with van der Waals surface area (Å²) in [5.41, 5.74) is 1.21. The van der Waals surface area contributed by atoms with E-state index < -0.39 is 6.16 Å². The van der Waals surface area contributed by atoms with E-state index in [0.717, 1.165) is 26.1 Å². The molecule has 1 heterocycles. The summed E-state index contributed by atoms with van der Waals surface area (Å²) < 4.78 is 9.73. The van der Waals surface area contributed by atoms with Crippen molar-refractivity contribution < 1.29 is 14.3 Å². The predicted octanol–water partition coefficient (Wildman–Crippen LogP) is 3.41. The molecule has 1 aromatic carbocycles. The molecule has 0 amide bonds. The maximum absolute atomic E-state index is 11.2. The Morgan fingerprint density at radius 1 is 1.25 bits per heavy atom. The number of benzene rings is 1. The third kappa shape index (κ3) is 5.23. The van der Waals surface area contributed by atoms with E-state index in [1.807, 2.05) is 12.1 Å². The Bertz CT molecular complexity index is 445. The number of rotatable bonds is 4. The lowest BCUT2D eigenvalue weighted by molar-refractivity contribution is 0.104. The molecule has 0 aliphatic carbocycles. The topological polar surface area (TPSA) is 38.8 Å². The highest BCUT2D eigenvalue weighted by atomic mass is 35.5. The molecular weight excluding hydrogens is 278 g/mol. The van der Waals surface area contributed by atoms with Gasteiger partial charge in [-0.05, 0) is 31.0 Å². The van der Waals surface area contributed by atoms with Gasteiger partial charge in [0, 0.05) is 19.6 Å². The van der Waals surface area contributed by atoms with Crippen LogP contribution >= 0.6 is 12.4 Å². The van der Waals surface area contributed by atoms with Crippen molar-refractivity contribution in [3.63, 3.8) is 0 Å². The van der Waals surface area contributed by atoms with Crippen LogP contribution in [0.15, 0.2) is 36.4 Å². The molecule has 0 atom stereocenters. The third-order valence-corrected chi connectivity index (χ3v) is 2.94. The van der Waals surface area contributed by atoms with E-state index in [-0.39, 0.29) is 12.4 Å². The van der Waals surface area contributed by atoms with Crippen molar-refractivity contribution in [3.8, 4) is 5.75 Å². The number of ether oxygens (including phenoxy) is 2. The van der Waals surface area contributed by atoms with Crippen LogP contribution in [-0.4, -0.2) is 30.8 Å². The van der Waals surface area contributed by atoms with Crippen molar-refractivity contribution in [2.45, 2.75) is 19.9 Å². The first kappa shape index (κ1) is 16.5. The van der Waals surface area contributed by atoms with Gasteiger partial charge in [-0.25, -0.2) is 4.79 Å². The summed E-state index contributed by atoms with van der Waals surface area (Å²) in [6, 6.07) is 7.55. The summed E-state index contributed by atoms with van der Waals surface area (Å²) >= 11 is 0. The van der Waals surface area contributed by atoms with Crippen LogP contribution in [-0.2, 0) is 11.3 Å². The number of carbonyl (C=O) groups excluding carboxylic acids is 1. The molecule has 5 heteroatoms. The van der Waals surface area contributed by atoms with Crippen LogP contribution in [0.2, 0.25) is 0 Å². The van der Waals surface area contributed by atoms with Gasteiger partial charge in [-0.15, -0.1) is 12.4 Å². The van der Waals surface area contributed by atoms with Crippen molar-refractivity contribution in [1.82, 2.24) is 4.90 Å². The summed E-state index contributed by atoms with van der Waals surface area (Å²) in [5.74, 6) is 0.515. The van der Waals surface area contributed by atoms with Crippen LogP contribution in [0.4, 0.5) is 4.79 Å². The van der Waals surface area contributed by atoms with Crippen LogP contribution in [0.25, 0.3) is 0 Å². The minimum Gasteiger partial charge on any atom is -0.434 e. The van der Waals surface area contributed by atoms with Crippen molar-refractivity contribution in [2.75, 3.05) is 19.7 Å². The number of carbonyl (C=O) groups is 1. The zero-order chi connectivity index (χ0) is 13.5. The largest absolute Gasteiger partial charge is 0.513 e. The van der Waals surface area contributed by atoms with Crippen molar-refractivity contribution in [2.24, 2.45) is 0 Å². The monoisotopic (exact) mass is 297 g/mol. The maximum Gasteiger partial charge on any atom is 0.513 e. The second-order valence-electron chi connectivity index (χ2n) is 4.42. The average Bonchev–Trinajstić information content (AvgIpc) is 2.42. The molecule has 0 saturated carbocycles. The Balaban J connectivity index is 0.00000200. The SMILES string of the molecule is CCOC(=O)Oc1ccc(CN2CC=CCC2)cc1.Cl. The Morgan fingerprint density at radius 2 is 2.00 bits per heavy atom. The lowest BCUT2D eigenvalue weighted by atomic mass is 10.1. The zero-order valence-corrected chi connectivity index (χ0v) is 12.4. The molecule has 110 valence electrons. The molecule has 0 unspecified atom stereocenters. The van der Waals surface area contributed by atoms with Gasteiger partial charge in [0.15, 0.2) is 0 Å². The highest BCUT2D eigenvalue weighted by Crippen LogP contribution is 2.15. The fraction of sp³-hybridized carbons (Fsp3) is 0.400. The molecule has 0 fully saturated rings. The quantitative estimate of drug-likeness (QED) is 0.485. The molecule has 2 rings (SSSR count).